The van der Waals surface area contributed by atoms with Gasteiger partial charge in [0.25, 0.3) is 5.91 Å². The second kappa shape index (κ2) is 11.6. The Balaban J connectivity index is 1.22. The minimum absolute atomic E-state index is 0.000441. The lowest BCUT2D eigenvalue weighted by atomic mass is 10.1. The Labute approximate surface area is 243 Å². The van der Waals surface area contributed by atoms with Gasteiger partial charge in [-0.3, -0.25) is 9.69 Å². The van der Waals surface area contributed by atoms with Crippen molar-refractivity contribution >= 4 is 68.9 Å². The molecular weight excluding hydrogens is 531 g/mol. The summed E-state index contributed by atoms with van der Waals surface area (Å²) < 4.78 is 0. The number of amidine groups is 1. The molecule has 0 atom stereocenters. The summed E-state index contributed by atoms with van der Waals surface area (Å²) >= 11 is 3.21. The van der Waals surface area contributed by atoms with E-state index in [2.05, 4.69) is 90.7 Å². The molecule has 4 nitrogen and oxygen atoms in total. The Bertz CT molecular complexity index is 1690. The Morgan fingerprint density at radius 3 is 2.17 bits per heavy atom. The van der Waals surface area contributed by atoms with Crippen LogP contribution >= 0.6 is 23.5 Å². The van der Waals surface area contributed by atoms with Gasteiger partial charge in [-0.15, -0.1) is 0 Å². The summed E-state index contributed by atoms with van der Waals surface area (Å²) in [6.07, 6.45) is 8.22. The van der Waals surface area contributed by atoms with Crippen molar-refractivity contribution in [3.05, 3.63) is 124 Å². The predicted molar refractivity (Wildman–Crippen MR) is 173 cm³/mol. The van der Waals surface area contributed by atoms with E-state index in [-0.39, 0.29) is 5.91 Å². The SMILES string of the molecule is CCN1C(=O)/C(=C/C=C2/Sc3c(ccc4ccccc34)N2CC)SC1=Nc1ccc(/C=C/c2ccccc2)cc1. The Morgan fingerprint density at radius 2 is 1.43 bits per heavy atom. The van der Waals surface area contributed by atoms with E-state index >= 15 is 0 Å². The zero-order valence-electron chi connectivity index (χ0n) is 22.5. The molecular formula is C34H29N3OS2. The van der Waals surface area contributed by atoms with E-state index in [4.69, 9.17) is 4.99 Å². The molecule has 0 spiro atoms. The third-order valence-electron chi connectivity index (χ3n) is 6.91. The highest BCUT2D eigenvalue weighted by Gasteiger charge is 2.32. The Hall–Kier alpha value is -4.00. The smallest absolute Gasteiger partial charge is 0.266 e. The molecule has 2 heterocycles. The van der Waals surface area contributed by atoms with E-state index in [9.17, 15) is 4.79 Å². The number of nitrogens with zero attached hydrogens (tertiary/aromatic N) is 3. The molecule has 0 radical (unpaired) electrons. The maximum atomic E-state index is 13.3. The van der Waals surface area contributed by atoms with E-state index in [1.807, 2.05) is 43.3 Å². The number of hydrogen-bond acceptors (Lipinski definition) is 5. The van der Waals surface area contributed by atoms with Crippen LogP contribution in [0, 0.1) is 0 Å². The van der Waals surface area contributed by atoms with Gasteiger partial charge in [0.15, 0.2) is 5.17 Å². The second-order valence-electron chi connectivity index (χ2n) is 9.40. The molecule has 6 rings (SSSR count). The van der Waals surface area contributed by atoms with Gasteiger partial charge in [-0.1, -0.05) is 96.7 Å². The highest BCUT2D eigenvalue weighted by Crippen LogP contribution is 2.49. The first-order valence-corrected chi connectivity index (χ1v) is 15.1. The molecule has 1 amide bonds. The third-order valence-corrected chi connectivity index (χ3v) is 9.13. The molecule has 0 bridgehead atoms. The molecule has 0 saturated carbocycles. The monoisotopic (exact) mass is 559 g/mol. The molecule has 1 fully saturated rings. The first-order valence-electron chi connectivity index (χ1n) is 13.5. The van der Waals surface area contributed by atoms with Crippen LogP contribution in [-0.2, 0) is 4.79 Å². The van der Waals surface area contributed by atoms with Crippen molar-refractivity contribution in [3.8, 4) is 0 Å². The largest absolute Gasteiger partial charge is 0.335 e. The van der Waals surface area contributed by atoms with Gasteiger partial charge in [-0.25, -0.2) is 4.99 Å². The quantitative estimate of drug-likeness (QED) is 0.174. The van der Waals surface area contributed by atoms with Crippen LogP contribution in [0.3, 0.4) is 0 Å². The molecule has 0 N–H and O–H groups in total. The van der Waals surface area contributed by atoms with Crippen LogP contribution in [-0.4, -0.2) is 29.1 Å². The Morgan fingerprint density at radius 1 is 0.725 bits per heavy atom. The molecule has 2 aliphatic rings. The lowest BCUT2D eigenvalue weighted by Gasteiger charge is -2.17. The molecule has 0 unspecified atom stereocenters. The van der Waals surface area contributed by atoms with Crippen LogP contribution in [0.1, 0.15) is 25.0 Å². The number of anilines is 1. The number of allylic oxidation sites excluding steroid dienone is 2. The van der Waals surface area contributed by atoms with E-state index in [1.54, 1.807) is 16.7 Å². The number of rotatable bonds is 6. The van der Waals surface area contributed by atoms with Crippen molar-refractivity contribution in [2.24, 2.45) is 4.99 Å². The number of hydrogen-bond donors (Lipinski definition) is 0. The molecule has 198 valence electrons. The van der Waals surface area contributed by atoms with Gasteiger partial charge < -0.3 is 4.90 Å². The van der Waals surface area contributed by atoms with Gasteiger partial charge in [-0.05, 0) is 77.9 Å². The lowest BCUT2D eigenvalue weighted by molar-refractivity contribution is -0.122. The summed E-state index contributed by atoms with van der Waals surface area (Å²) in [5.74, 6) is -0.000441. The van der Waals surface area contributed by atoms with Crippen LogP contribution in [0.4, 0.5) is 11.4 Å². The van der Waals surface area contributed by atoms with Crippen LogP contribution in [0.5, 0.6) is 0 Å². The number of carbonyl (C=O) groups excluding carboxylic acids is 1. The fourth-order valence-electron chi connectivity index (χ4n) is 4.84. The minimum Gasteiger partial charge on any atom is -0.335 e. The fraction of sp³-hybridized carbons (Fsp3) is 0.118. The fourth-order valence-corrected chi connectivity index (χ4v) is 7.10. The van der Waals surface area contributed by atoms with Gasteiger partial charge in [0, 0.05) is 18.0 Å². The maximum Gasteiger partial charge on any atom is 0.266 e. The first-order chi connectivity index (χ1) is 19.6. The normalized spacial score (nSPS) is 18.2. The number of thioether (sulfide) groups is 2. The van der Waals surface area contributed by atoms with Crippen LogP contribution in [0.15, 0.2) is 123 Å². The zero-order valence-corrected chi connectivity index (χ0v) is 24.1. The molecule has 40 heavy (non-hydrogen) atoms. The average Bonchev–Trinajstić information content (AvgIpc) is 3.52. The molecule has 4 aromatic carbocycles. The Kier molecular flexibility index (Phi) is 7.62. The van der Waals surface area contributed by atoms with Crippen LogP contribution in [0.2, 0.25) is 0 Å². The summed E-state index contributed by atoms with van der Waals surface area (Å²) in [6.45, 7) is 5.58. The minimum atomic E-state index is -0.000441. The van der Waals surface area contributed by atoms with Crippen LogP contribution < -0.4 is 4.90 Å². The number of likely N-dealkylation sites (N-methyl/N-ethyl adjacent to an activating group) is 1. The number of benzene rings is 4. The van der Waals surface area contributed by atoms with E-state index in [1.165, 1.54) is 33.1 Å². The lowest BCUT2D eigenvalue weighted by Crippen LogP contribution is -2.28. The van der Waals surface area contributed by atoms with Gasteiger partial charge in [0.05, 0.1) is 21.3 Å². The van der Waals surface area contributed by atoms with Crippen molar-refractivity contribution in [2.45, 2.75) is 18.7 Å². The first kappa shape index (κ1) is 26.2. The molecule has 6 heteroatoms. The highest BCUT2D eigenvalue weighted by atomic mass is 32.2. The van der Waals surface area contributed by atoms with Crippen molar-refractivity contribution in [3.63, 3.8) is 0 Å². The third kappa shape index (κ3) is 5.25. The standard InChI is InChI=1S/C34H29N3OS2/c1-3-36-29-21-18-26-12-8-9-13-28(26)32(29)40-31(36)23-22-30-33(38)37(4-2)34(39-30)35-27-19-16-25(17-20-27)15-14-24-10-6-5-7-11-24/h5-23H,3-4H2,1-2H3/b15-14+,30-22-,31-23+,35-34?. The molecule has 4 aromatic rings. The van der Waals surface area contributed by atoms with Crippen molar-refractivity contribution in [1.82, 2.24) is 4.90 Å². The summed E-state index contributed by atoms with van der Waals surface area (Å²) in [5, 5.41) is 4.34. The van der Waals surface area contributed by atoms with Gasteiger partial charge in [0.1, 0.15) is 0 Å². The second-order valence-corrected chi connectivity index (χ2v) is 11.4. The highest BCUT2D eigenvalue weighted by molar-refractivity contribution is 8.18. The van der Waals surface area contributed by atoms with Gasteiger partial charge in [-0.2, -0.15) is 0 Å². The van der Waals surface area contributed by atoms with Crippen molar-refractivity contribution < 1.29 is 4.79 Å². The molecule has 0 aromatic heterocycles. The summed E-state index contributed by atoms with van der Waals surface area (Å²) in [6, 6.07) is 31.2. The van der Waals surface area contributed by atoms with E-state index in [0.717, 1.165) is 28.4 Å². The van der Waals surface area contributed by atoms with Crippen molar-refractivity contribution in [1.29, 1.82) is 0 Å². The molecule has 2 aliphatic heterocycles. The summed E-state index contributed by atoms with van der Waals surface area (Å²) in [4.78, 5) is 24.1. The topological polar surface area (TPSA) is 35.9 Å². The van der Waals surface area contributed by atoms with E-state index < -0.39 is 0 Å². The van der Waals surface area contributed by atoms with Crippen molar-refractivity contribution in [2.75, 3.05) is 18.0 Å². The molecule has 1 saturated heterocycles. The number of amides is 1. The van der Waals surface area contributed by atoms with Crippen LogP contribution in [0.25, 0.3) is 22.9 Å². The predicted octanol–water partition coefficient (Wildman–Crippen LogP) is 8.95. The van der Waals surface area contributed by atoms with E-state index in [0.29, 0.717) is 16.6 Å². The number of carbonyl (C=O) groups is 1. The number of fused-ring (bicyclic) bond motifs is 3. The summed E-state index contributed by atoms with van der Waals surface area (Å²) in [5.41, 5.74) is 4.32. The van der Waals surface area contributed by atoms with Gasteiger partial charge in [0.2, 0.25) is 0 Å². The zero-order chi connectivity index (χ0) is 27.5. The molecule has 0 aliphatic carbocycles. The number of aliphatic imine (C=N–C) groups is 1. The average molecular weight is 560 g/mol. The maximum absolute atomic E-state index is 13.3. The van der Waals surface area contributed by atoms with Gasteiger partial charge >= 0.3 is 0 Å². The summed E-state index contributed by atoms with van der Waals surface area (Å²) in [7, 11) is 0.